The highest BCUT2D eigenvalue weighted by Crippen LogP contribution is 2.37. The zero-order chi connectivity index (χ0) is 14.2. The summed E-state index contributed by atoms with van der Waals surface area (Å²) >= 11 is 0. The van der Waals surface area contributed by atoms with Crippen LogP contribution in [0.2, 0.25) is 0 Å². The molecule has 1 aromatic heterocycles. The number of hydrogen-bond donors (Lipinski definition) is 1. The molecule has 0 saturated heterocycles. The molecule has 1 unspecified atom stereocenters. The average Bonchev–Trinajstić information content (AvgIpc) is 2.86. The molecule has 0 radical (unpaired) electrons. The van der Waals surface area contributed by atoms with Crippen LogP contribution in [0.5, 0.6) is 5.75 Å². The van der Waals surface area contributed by atoms with Gasteiger partial charge in [0.25, 0.3) is 5.89 Å². The number of nitrogens with two attached hydrogens (primary N) is 1. The van der Waals surface area contributed by atoms with E-state index in [-0.39, 0.29) is 18.2 Å². The second-order valence-electron chi connectivity index (χ2n) is 5.18. The SMILES string of the molecule is CC(Oc1cccc(F)c1)c1nc(C2(N)CCC2)no1.Cl. The Kier molecular flexibility index (Phi) is 4.49. The van der Waals surface area contributed by atoms with Gasteiger partial charge >= 0.3 is 0 Å². The van der Waals surface area contributed by atoms with E-state index in [1.54, 1.807) is 19.1 Å². The lowest BCUT2D eigenvalue weighted by Crippen LogP contribution is -2.44. The smallest absolute Gasteiger partial charge is 0.267 e. The normalized spacial score (nSPS) is 17.5. The van der Waals surface area contributed by atoms with E-state index in [9.17, 15) is 4.39 Å². The molecule has 0 aliphatic heterocycles. The molecular weight excluding hydrogens is 297 g/mol. The number of halogens is 2. The van der Waals surface area contributed by atoms with Crippen LogP contribution in [0.1, 0.15) is 44.0 Å². The molecule has 3 rings (SSSR count). The van der Waals surface area contributed by atoms with E-state index in [0.29, 0.717) is 17.5 Å². The van der Waals surface area contributed by atoms with Gasteiger partial charge in [0.2, 0.25) is 0 Å². The number of aromatic nitrogens is 2. The van der Waals surface area contributed by atoms with Gasteiger partial charge in [0.05, 0.1) is 5.54 Å². The lowest BCUT2D eigenvalue weighted by Gasteiger charge is -2.34. The monoisotopic (exact) mass is 313 g/mol. The van der Waals surface area contributed by atoms with E-state index in [4.69, 9.17) is 15.0 Å². The fourth-order valence-electron chi connectivity index (χ4n) is 2.18. The summed E-state index contributed by atoms with van der Waals surface area (Å²) in [5, 5.41) is 3.93. The lowest BCUT2D eigenvalue weighted by molar-refractivity contribution is 0.174. The van der Waals surface area contributed by atoms with Gasteiger partial charge in [0.15, 0.2) is 11.9 Å². The molecule has 1 atom stereocenters. The third-order valence-electron chi connectivity index (χ3n) is 3.59. The maximum absolute atomic E-state index is 13.1. The summed E-state index contributed by atoms with van der Waals surface area (Å²) in [6.07, 6.45) is 2.35. The van der Waals surface area contributed by atoms with E-state index >= 15 is 0 Å². The molecule has 5 nitrogen and oxygen atoms in total. The summed E-state index contributed by atoms with van der Waals surface area (Å²) in [4.78, 5) is 4.30. The highest BCUT2D eigenvalue weighted by atomic mass is 35.5. The number of nitrogens with zero attached hydrogens (tertiary/aromatic N) is 2. The molecule has 1 aliphatic rings. The zero-order valence-electron chi connectivity index (χ0n) is 11.6. The van der Waals surface area contributed by atoms with Crippen LogP contribution in [-0.2, 0) is 5.54 Å². The Morgan fingerprint density at radius 2 is 2.19 bits per heavy atom. The van der Waals surface area contributed by atoms with Crippen molar-refractivity contribution < 1.29 is 13.7 Å². The van der Waals surface area contributed by atoms with Gasteiger partial charge in [0, 0.05) is 6.07 Å². The number of benzene rings is 1. The molecule has 1 saturated carbocycles. The zero-order valence-corrected chi connectivity index (χ0v) is 12.4. The van der Waals surface area contributed by atoms with Gasteiger partial charge in [-0.25, -0.2) is 4.39 Å². The van der Waals surface area contributed by atoms with Crippen LogP contribution < -0.4 is 10.5 Å². The first-order valence-corrected chi connectivity index (χ1v) is 6.62. The maximum atomic E-state index is 13.1. The van der Waals surface area contributed by atoms with Crippen molar-refractivity contribution in [1.29, 1.82) is 0 Å². The fraction of sp³-hybridized carbons (Fsp3) is 0.429. The molecule has 21 heavy (non-hydrogen) atoms. The minimum absolute atomic E-state index is 0. The molecule has 7 heteroatoms. The molecule has 1 aliphatic carbocycles. The van der Waals surface area contributed by atoms with Crippen LogP contribution in [0.4, 0.5) is 4.39 Å². The largest absolute Gasteiger partial charge is 0.481 e. The van der Waals surface area contributed by atoms with Gasteiger partial charge < -0.3 is 15.0 Å². The predicted octanol–water partition coefficient (Wildman–Crippen LogP) is 3.11. The molecule has 1 aromatic carbocycles. The molecular formula is C14H17ClFN3O2. The first-order valence-electron chi connectivity index (χ1n) is 6.62. The maximum Gasteiger partial charge on any atom is 0.267 e. The van der Waals surface area contributed by atoms with Crippen LogP contribution in [0, 0.1) is 5.82 Å². The van der Waals surface area contributed by atoms with E-state index < -0.39 is 11.6 Å². The van der Waals surface area contributed by atoms with Crippen molar-refractivity contribution in [2.45, 2.75) is 37.8 Å². The molecule has 1 fully saturated rings. The van der Waals surface area contributed by atoms with E-state index in [1.165, 1.54) is 12.1 Å². The van der Waals surface area contributed by atoms with Gasteiger partial charge in [-0.1, -0.05) is 11.2 Å². The van der Waals surface area contributed by atoms with Gasteiger partial charge in [-0.2, -0.15) is 4.98 Å². The molecule has 1 heterocycles. The number of hydrogen-bond acceptors (Lipinski definition) is 5. The standard InChI is InChI=1S/C14H16FN3O2.ClH/c1-9(19-11-5-2-4-10(15)8-11)12-17-13(18-20-12)14(16)6-3-7-14;/h2,4-5,8-9H,3,6-7,16H2,1H3;1H. The topological polar surface area (TPSA) is 74.2 Å². The highest BCUT2D eigenvalue weighted by Gasteiger charge is 2.39. The quantitative estimate of drug-likeness (QED) is 0.938. The summed E-state index contributed by atoms with van der Waals surface area (Å²) in [5.74, 6) is 0.939. The van der Waals surface area contributed by atoms with Crippen molar-refractivity contribution in [3.8, 4) is 5.75 Å². The third kappa shape index (κ3) is 3.16. The van der Waals surface area contributed by atoms with Crippen LogP contribution in [0.25, 0.3) is 0 Å². The molecule has 114 valence electrons. The first-order chi connectivity index (χ1) is 9.57. The van der Waals surface area contributed by atoms with Crippen LogP contribution in [0.15, 0.2) is 28.8 Å². The minimum atomic E-state index is -0.458. The van der Waals surface area contributed by atoms with Crippen molar-refractivity contribution in [2.75, 3.05) is 0 Å². The second kappa shape index (κ2) is 5.99. The van der Waals surface area contributed by atoms with Gasteiger partial charge in [-0.15, -0.1) is 12.4 Å². The van der Waals surface area contributed by atoms with E-state index in [2.05, 4.69) is 10.1 Å². The van der Waals surface area contributed by atoms with Gasteiger partial charge in [-0.3, -0.25) is 0 Å². The number of rotatable bonds is 4. The van der Waals surface area contributed by atoms with Gasteiger partial charge in [-0.05, 0) is 38.3 Å². The predicted molar refractivity (Wildman–Crippen MR) is 76.7 cm³/mol. The van der Waals surface area contributed by atoms with Crippen molar-refractivity contribution in [2.24, 2.45) is 5.73 Å². The average molecular weight is 314 g/mol. The molecule has 0 spiro atoms. The van der Waals surface area contributed by atoms with Crippen molar-refractivity contribution >= 4 is 12.4 Å². The van der Waals surface area contributed by atoms with Crippen molar-refractivity contribution in [3.63, 3.8) is 0 Å². The van der Waals surface area contributed by atoms with E-state index in [1.807, 2.05) is 0 Å². The lowest BCUT2D eigenvalue weighted by atomic mass is 9.77. The Balaban J connectivity index is 0.00000161. The van der Waals surface area contributed by atoms with Gasteiger partial charge in [0.1, 0.15) is 11.6 Å². The molecule has 0 amide bonds. The van der Waals surface area contributed by atoms with Crippen molar-refractivity contribution in [3.05, 3.63) is 41.8 Å². The Labute approximate surface area is 128 Å². The molecule has 2 N–H and O–H groups in total. The Bertz CT molecular complexity index is 616. The second-order valence-corrected chi connectivity index (χ2v) is 5.18. The summed E-state index contributed by atoms with van der Waals surface area (Å²) < 4.78 is 23.9. The highest BCUT2D eigenvalue weighted by molar-refractivity contribution is 5.85. The first kappa shape index (κ1) is 15.7. The number of ether oxygens (including phenoxy) is 1. The molecule has 0 bridgehead atoms. The summed E-state index contributed by atoms with van der Waals surface area (Å²) in [6.45, 7) is 1.77. The van der Waals surface area contributed by atoms with E-state index in [0.717, 1.165) is 19.3 Å². The molecule has 2 aromatic rings. The Morgan fingerprint density at radius 1 is 1.43 bits per heavy atom. The summed E-state index contributed by atoms with van der Waals surface area (Å²) in [5.41, 5.74) is 5.68. The Morgan fingerprint density at radius 3 is 2.81 bits per heavy atom. The summed E-state index contributed by atoms with van der Waals surface area (Å²) in [6, 6.07) is 5.92. The minimum Gasteiger partial charge on any atom is -0.481 e. The van der Waals surface area contributed by atoms with Crippen LogP contribution >= 0.6 is 12.4 Å². The van der Waals surface area contributed by atoms with Crippen molar-refractivity contribution in [1.82, 2.24) is 10.1 Å². The third-order valence-corrected chi connectivity index (χ3v) is 3.59. The Hall–Kier alpha value is -1.66. The van der Waals surface area contributed by atoms with Crippen LogP contribution in [0.3, 0.4) is 0 Å². The fourth-order valence-corrected chi connectivity index (χ4v) is 2.18. The van der Waals surface area contributed by atoms with Crippen LogP contribution in [-0.4, -0.2) is 10.1 Å². The summed E-state index contributed by atoms with van der Waals surface area (Å²) in [7, 11) is 0.